The van der Waals surface area contributed by atoms with E-state index in [1.165, 1.54) is 40.0 Å². The highest BCUT2D eigenvalue weighted by Gasteiger charge is 2.31. The Kier molecular flexibility index (Phi) is 7.31. The van der Waals surface area contributed by atoms with Gasteiger partial charge in [-0.05, 0) is 41.3 Å². The van der Waals surface area contributed by atoms with Crippen LogP contribution in [0.5, 0.6) is 17.2 Å². The lowest BCUT2D eigenvalue weighted by atomic mass is 9.98. The molecule has 194 valence electrons. The number of fused-ring (bicyclic) bond motifs is 1. The summed E-state index contributed by atoms with van der Waals surface area (Å²) in [6.45, 7) is 6.63. The number of hydrogen-bond acceptors (Lipinski definition) is 6. The first-order chi connectivity index (χ1) is 17.4. The molecule has 2 aromatic carbocycles. The molecular weight excluding hydrogens is 505 g/mol. The summed E-state index contributed by atoms with van der Waals surface area (Å²) in [4.78, 5) is 18.5. The van der Waals surface area contributed by atoms with Gasteiger partial charge in [-0.25, -0.2) is 4.98 Å². The van der Waals surface area contributed by atoms with E-state index in [0.717, 1.165) is 5.56 Å². The number of para-hydroxylation sites is 1. The summed E-state index contributed by atoms with van der Waals surface area (Å²) < 4.78 is 54.7. The molecule has 0 atom stereocenters. The first-order valence-corrected chi connectivity index (χ1v) is 12.2. The summed E-state index contributed by atoms with van der Waals surface area (Å²) in [7, 11) is 1.56. The van der Waals surface area contributed by atoms with Gasteiger partial charge in [0.25, 0.3) is 5.56 Å². The smallest absolute Gasteiger partial charge is 0.493 e. The van der Waals surface area contributed by atoms with Gasteiger partial charge in [-0.2, -0.15) is 0 Å². The molecule has 0 aliphatic rings. The SMILES string of the molecule is COc1cccc(/C=C/c2nc3sccn3c(=O)c2-c2ccc(OC(F)(F)F)cc2)c1OCC(C)(C)C. The first kappa shape index (κ1) is 26.3. The van der Waals surface area contributed by atoms with Crippen molar-refractivity contribution in [2.75, 3.05) is 13.7 Å². The number of rotatable bonds is 7. The van der Waals surface area contributed by atoms with Crippen molar-refractivity contribution in [1.29, 1.82) is 0 Å². The summed E-state index contributed by atoms with van der Waals surface area (Å²) in [6.07, 6.45) is 0.260. The fourth-order valence-corrected chi connectivity index (χ4v) is 4.26. The van der Waals surface area contributed by atoms with E-state index in [2.05, 4.69) is 30.5 Å². The molecule has 0 fully saturated rings. The fourth-order valence-electron chi connectivity index (χ4n) is 3.55. The summed E-state index contributed by atoms with van der Waals surface area (Å²) in [6, 6.07) is 10.6. The Hall–Kier alpha value is -3.79. The molecule has 0 saturated carbocycles. The zero-order valence-electron chi connectivity index (χ0n) is 20.6. The Balaban J connectivity index is 1.79. The third kappa shape index (κ3) is 6.32. The molecule has 2 aromatic heterocycles. The predicted octanol–water partition coefficient (Wildman–Crippen LogP) is 6.93. The van der Waals surface area contributed by atoms with Crippen LogP contribution in [0.25, 0.3) is 28.2 Å². The van der Waals surface area contributed by atoms with Crippen molar-refractivity contribution in [3.8, 4) is 28.4 Å². The number of nitrogens with zero attached hydrogens (tertiary/aromatic N) is 2. The van der Waals surface area contributed by atoms with Crippen LogP contribution in [0.15, 0.2) is 58.8 Å². The number of hydrogen-bond donors (Lipinski definition) is 0. The normalized spacial score (nSPS) is 12.3. The van der Waals surface area contributed by atoms with E-state index in [1.807, 2.05) is 12.1 Å². The monoisotopic (exact) mass is 530 g/mol. The van der Waals surface area contributed by atoms with Gasteiger partial charge < -0.3 is 14.2 Å². The third-order valence-corrected chi connectivity index (χ3v) is 5.93. The van der Waals surface area contributed by atoms with Gasteiger partial charge in [0.2, 0.25) is 0 Å². The van der Waals surface area contributed by atoms with Crippen molar-refractivity contribution < 1.29 is 27.4 Å². The van der Waals surface area contributed by atoms with Crippen LogP contribution in [0.4, 0.5) is 13.2 Å². The number of halogens is 3. The maximum absolute atomic E-state index is 13.4. The highest BCUT2D eigenvalue weighted by atomic mass is 32.1. The van der Waals surface area contributed by atoms with Crippen LogP contribution in [-0.2, 0) is 0 Å². The number of methoxy groups -OCH3 is 1. The second-order valence-electron chi connectivity index (χ2n) is 9.37. The van der Waals surface area contributed by atoms with E-state index in [9.17, 15) is 18.0 Å². The van der Waals surface area contributed by atoms with Gasteiger partial charge in [-0.15, -0.1) is 24.5 Å². The molecule has 0 N–H and O–H groups in total. The maximum Gasteiger partial charge on any atom is 0.573 e. The third-order valence-electron chi connectivity index (χ3n) is 5.17. The summed E-state index contributed by atoms with van der Waals surface area (Å²) in [5.74, 6) is 0.740. The summed E-state index contributed by atoms with van der Waals surface area (Å²) in [5, 5.41) is 1.74. The first-order valence-electron chi connectivity index (χ1n) is 11.3. The van der Waals surface area contributed by atoms with Crippen molar-refractivity contribution in [3.05, 3.63) is 75.7 Å². The highest BCUT2D eigenvalue weighted by molar-refractivity contribution is 7.15. The van der Waals surface area contributed by atoms with E-state index in [4.69, 9.17) is 9.47 Å². The Morgan fingerprint density at radius 2 is 1.78 bits per heavy atom. The average molecular weight is 531 g/mol. The van der Waals surface area contributed by atoms with Gasteiger partial charge >= 0.3 is 6.36 Å². The molecule has 4 aromatic rings. The zero-order chi connectivity index (χ0) is 26.8. The maximum atomic E-state index is 13.4. The molecule has 37 heavy (non-hydrogen) atoms. The van der Waals surface area contributed by atoms with E-state index >= 15 is 0 Å². The van der Waals surface area contributed by atoms with Gasteiger partial charge in [0, 0.05) is 17.1 Å². The second-order valence-corrected chi connectivity index (χ2v) is 10.2. The molecule has 0 amide bonds. The van der Waals surface area contributed by atoms with Crippen molar-refractivity contribution in [2.45, 2.75) is 27.1 Å². The Morgan fingerprint density at radius 1 is 1.05 bits per heavy atom. The second kappa shape index (κ2) is 10.3. The predicted molar refractivity (Wildman–Crippen MR) is 138 cm³/mol. The standard InChI is InChI=1S/C27H25F3N2O4S/c1-26(2,3)16-35-23-18(6-5-7-21(23)34-4)10-13-20-22(24(33)32-14-15-37-25(32)31-20)17-8-11-19(12-9-17)36-27(28,29)30/h5-15H,16H2,1-4H3/b13-10+. The molecule has 4 rings (SSSR count). The van der Waals surface area contributed by atoms with Crippen molar-refractivity contribution >= 4 is 28.4 Å². The van der Waals surface area contributed by atoms with Crippen LogP contribution >= 0.6 is 11.3 Å². The summed E-state index contributed by atoms with van der Waals surface area (Å²) in [5.41, 5.74) is 1.30. The van der Waals surface area contributed by atoms with E-state index < -0.39 is 6.36 Å². The number of benzene rings is 2. The van der Waals surface area contributed by atoms with Crippen LogP contribution < -0.4 is 19.8 Å². The Bertz CT molecular complexity index is 1480. The molecule has 10 heteroatoms. The van der Waals surface area contributed by atoms with Gasteiger partial charge in [0.1, 0.15) is 5.75 Å². The Morgan fingerprint density at radius 3 is 2.43 bits per heavy atom. The van der Waals surface area contributed by atoms with Crippen LogP contribution in [0.2, 0.25) is 0 Å². The Labute approximate surface area is 215 Å². The van der Waals surface area contributed by atoms with Crippen LogP contribution in [-0.4, -0.2) is 29.5 Å². The number of aromatic nitrogens is 2. The lowest BCUT2D eigenvalue weighted by Gasteiger charge is -2.21. The lowest BCUT2D eigenvalue weighted by molar-refractivity contribution is -0.274. The van der Waals surface area contributed by atoms with Gasteiger partial charge in [-0.1, -0.05) is 45.0 Å². The van der Waals surface area contributed by atoms with Crippen LogP contribution in [0.3, 0.4) is 0 Å². The topological polar surface area (TPSA) is 62.1 Å². The van der Waals surface area contributed by atoms with Crippen molar-refractivity contribution in [2.24, 2.45) is 5.41 Å². The minimum absolute atomic E-state index is 0.0859. The van der Waals surface area contributed by atoms with Gasteiger partial charge in [0.15, 0.2) is 16.5 Å². The molecule has 0 spiro atoms. The van der Waals surface area contributed by atoms with Gasteiger partial charge in [0.05, 0.1) is 25.0 Å². The van der Waals surface area contributed by atoms with Crippen molar-refractivity contribution in [1.82, 2.24) is 9.38 Å². The number of thiazole rings is 1. The molecule has 2 heterocycles. The van der Waals surface area contributed by atoms with Crippen molar-refractivity contribution in [3.63, 3.8) is 0 Å². The van der Waals surface area contributed by atoms with Gasteiger partial charge in [-0.3, -0.25) is 9.20 Å². The molecule has 0 radical (unpaired) electrons. The molecular formula is C27H25F3N2O4S. The molecule has 0 aliphatic carbocycles. The largest absolute Gasteiger partial charge is 0.573 e. The molecule has 0 aliphatic heterocycles. The quantitative estimate of drug-likeness (QED) is 0.259. The molecule has 0 unspecified atom stereocenters. The fraction of sp³-hybridized carbons (Fsp3) is 0.259. The van der Waals surface area contributed by atoms with Crippen LogP contribution in [0.1, 0.15) is 32.0 Å². The lowest BCUT2D eigenvalue weighted by Crippen LogP contribution is -2.18. The van der Waals surface area contributed by atoms with E-state index in [-0.39, 0.29) is 22.3 Å². The average Bonchev–Trinajstić information content (AvgIpc) is 3.30. The van der Waals surface area contributed by atoms with E-state index in [0.29, 0.717) is 34.3 Å². The molecule has 6 nitrogen and oxygen atoms in total. The molecule has 0 bridgehead atoms. The number of alkyl halides is 3. The van der Waals surface area contributed by atoms with Crippen LogP contribution in [0, 0.1) is 5.41 Å². The minimum Gasteiger partial charge on any atom is -0.493 e. The molecule has 0 saturated heterocycles. The van der Waals surface area contributed by atoms with E-state index in [1.54, 1.807) is 36.9 Å². The highest BCUT2D eigenvalue weighted by Crippen LogP contribution is 2.34. The number of ether oxygens (including phenoxy) is 3. The zero-order valence-corrected chi connectivity index (χ0v) is 21.4. The summed E-state index contributed by atoms with van der Waals surface area (Å²) >= 11 is 1.30. The minimum atomic E-state index is -4.81.